The van der Waals surface area contributed by atoms with Crippen LogP contribution >= 0.6 is 11.6 Å². The summed E-state index contributed by atoms with van der Waals surface area (Å²) in [5, 5.41) is 0.484. The van der Waals surface area contributed by atoms with Gasteiger partial charge < -0.3 is 4.74 Å². The number of carbonyl (C=O) groups is 4. The van der Waals surface area contributed by atoms with Crippen LogP contribution in [-0.4, -0.2) is 41.1 Å². The maximum Gasteiger partial charge on any atom is 0.329 e. The van der Waals surface area contributed by atoms with Crippen LogP contribution in [0.1, 0.15) is 43.6 Å². The summed E-state index contributed by atoms with van der Waals surface area (Å²) in [5.74, 6) is -2.34. The summed E-state index contributed by atoms with van der Waals surface area (Å²) in [6.07, 6.45) is 0. The highest BCUT2D eigenvalue weighted by Gasteiger charge is 2.41. The van der Waals surface area contributed by atoms with E-state index in [-0.39, 0.29) is 11.1 Å². The number of hydrogen-bond acceptors (Lipinski definition) is 5. The zero-order chi connectivity index (χ0) is 19.7. The number of Topliss-reactive ketones (excluding diaryl/α,β-unsaturated/α-hetero) is 1. The molecule has 0 N–H and O–H groups in total. The first kappa shape index (κ1) is 18.8. The molecular formula is C20H16ClNO5. The van der Waals surface area contributed by atoms with Crippen molar-refractivity contribution in [2.75, 3.05) is 6.61 Å². The molecule has 0 fully saturated rings. The third kappa shape index (κ3) is 3.61. The van der Waals surface area contributed by atoms with Gasteiger partial charge in [0.05, 0.1) is 11.1 Å². The Hall–Kier alpha value is -2.99. The van der Waals surface area contributed by atoms with Crippen LogP contribution in [0.15, 0.2) is 42.5 Å². The lowest BCUT2D eigenvalue weighted by molar-refractivity contribution is -0.146. The first-order valence-corrected chi connectivity index (χ1v) is 8.61. The number of halogens is 1. The second-order valence-corrected chi connectivity index (χ2v) is 6.68. The Balaban J connectivity index is 1.67. The van der Waals surface area contributed by atoms with Gasteiger partial charge in [-0.05, 0) is 50.2 Å². The monoisotopic (exact) mass is 385 g/mol. The first-order chi connectivity index (χ1) is 12.8. The molecule has 0 saturated carbocycles. The van der Waals surface area contributed by atoms with Crippen molar-refractivity contribution in [3.05, 3.63) is 69.7 Å². The normalized spacial score (nSPS) is 14.1. The zero-order valence-electron chi connectivity index (χ0n) is 14.7. The highest BCUT2D eigenvalue weighted by Crippen LogP contribution is 2.26. The summed E-state index contributed by atoms with van der Waals surface area (Å²) in [6, 6.07) is 9.91. The van der Waals surface area contributed by atoms with E-state index >= 15 is 0 Å². The molecule has 27 heavy (non-hydrogen) atoms. The van der Waals surface area contributed by atoms with Crippen molar-refractivity contribution < 1.29 is 23.9 Å². The van der Waals surface area contributed by atoms with Gasteiger partial charge >= 0.3 is 5.97 Å². The van der Waals surface area contributed by atoms with E-state index in [0.717, 1.165) is 10.5 Å². The van der Waals surface area contributed by atoms with Crippen molar-refractivity contribution in [1.29, 1.82) is 0 Å². The number of ether oxygens (including phenoxy) is 1. The van der Waals surface area contributed by atoms with Crippen molar-refractivity contribution in [2.45, 2.75) is 19.9 Å². The molecule has 0 saturated heterocycles. The van der Waals surface area contributed by atoms with Crippen LogP contribution < -0.4 is 0 Å². The van der Waals surface area contributed by atoms with Crippen LogP contribution in [0, 0.1) is 6.92 Å². The minimum absolute atomic E-state index is 0.252. The summed E-state index contributed by atoms with van der Waals surface area (Å²) in [6.45, 7) is 2.71. The first-order valence-electron chi connectivity index (χ1n) is 8.23. The molecule has 1 atom stereocenters. The molecule has 138 valence electrons. The molecular weight excluding hydrogens is 370 g/mol. The molecule has 0 aliphatic carbocycles. The van der Waals surface area contributed by atoms with E-state index < -0.39 is 36.2 Å². The Labute approximate surface area is 160 Å². The third-order valence-electron chi connectivity index (χ3n) is 4.31. The van der Waals surface area contributed by atoms with Crippen molar-refractivity contribution in [3.8, 4) is 0 Å². The number of amides is 2. The van der Waals surface area contributed by atoms with Gasteiger partial charge in [0.1, 0.15) is 6.04 Å². The topological polar surface area (TPSA) is 80.8 Å². The van der Waals surface area contributed by atoms with Gasteiger partial charge in [-0.25, -0.2) is 4.79 Å². The van der Waals surface area contributed by atoms with Crippen LogP contribution in [0.25, 0.3) is 0 Å². The molecule has 1 heterocycles. The van der Waals surface area contributed by atoms with E-state index in [2.05, 4.69) is 0 Å². The third-order valence-corrected chi connectivity index (χ3v) is 4.57. The molecule has 1 aliphatic rings. The molecule has 0 radical (unpaired) electrons. The van der Waals surface area contributed by atoms with Crippen LogP contribution in [-0.2, 0) is 9.53 Å². The lowest BCUT2D eigenvalue weighted by Gasteiger charge is -2.20. The number of ketones is 1. The van der Waals surface area contributed by atoms with Gasteiger partial charge in [0.2, 0.25) is 0 Å². The van der Waals surface area contributed by atoms with Crippen molar-refractivity contribution >= 4 is 35.2 Å². The van der Waals surface area contributed by atoms with Gasteiger partial charge in [0, 0.05) is 10.6 Å². The van der Waals surface area contributed by atoms with E-state index in [1.165, 1.54) is 19.1 Å². The highest BCUT2D eigenvalue weighted by atomic mass is 35.5. The lowest BCUT2D eigenvalue weighted by atomic mass is 10.1. The molecule has 0 aromatic heterocycles. The van der Waals surface area contributed by atoms with E-state index in [9.17, 15) is 19.2 Å². The minimum atomic E-state index is -1.14. The Morgan fingerprint density at radius 2 is 1.67 bits per heavy atom. The van der Waals surface area contributed by atoms with Crippen LogP contribution in [0.4, 0.5) is 0 Å². The van der Waals surface area contributed by atoms with Gasteiger partial charge in [0.15, 0.2) is 12.4 Å². The summed E-state index contributed by atoms with van der Waals surface area (Å²) in [7, 11) is 0. The summed E-state index contributed by atoms with van der Waals surface area (Å²) in [4.78, 5) is 50.2. The predicted octanol–water partition coefficient (Wildman–Crippen LogP) is 3.06. The van der Waals surface area contributed by atoms with Gasteiger partial charge in [0.25, 0.3) is 11.8 Å². The fraction of sp³-hybridized carbons (Fsp3) is 0.200. The van der Waals surface area contributed by atoms with E-state index in [0.29, 0.717) is 10.6 Å². The molecule has 7 heteroatoms. The fourth-order valence-corrected chi connectivity index (χ4v) is 2.93. The molecule has 6 nitrogen and oxygen atoms in total. The standard InChI is InChI=1S/C20H16ClNO5/c1-11-3-8-15-16(9-11)19(25)22(18(15)24)12(2)20(26)27-10-17(23)13-4-6-14(21)7-5-13/h3-9,12H,10H2,1-2H3. The number of rotatable bonds is 5. The summed E-state index contributed by atoms with van der Waals surface area (Å²) < 4.78 is 5.01. The van der Waals surface area contributed by atoms with Gasteiger partial charge in [-0.2, -0.15) is 0 Å². The highest BCUT2D eigenvalue weighted by molar-refractivity contribution is 6.30. The number of hydrogen-bond donors (Lipinski definition) is 0. The van der Waals surface area contributed by atoms with E-state index in [4.69, 9.17) is 16.3 Å². The Kier molecular flexibility index (Phi) is 5.10. The number of benzene rings is 2. The van der Waals surface area contributed by atoms with Crippen molar-refractivity contribution in [1.82, 2.24) is 4.90 Å². The largest absolute Gasteiger partial charge is 0.456 e. The van der Waals surface area contributed by atoms with E-state index in [1.807, 2.05) is 0 Å². The van der Waals surface area contributed by atoms with Crippen LogP contribution in [0.5, 0.6) is 0 Å². The smallest absolute Gasteiger partial charge is 0.329 e. The number of esters is 1. The minimum Gasteiger partial charge on any atom is -0.456 e. The number of aryl methyl sites for hydroxylation is 1. The number of fused-ring (bicyclic) bond motifs is 1. The summed E-state index contributed by atoms with van der Waals surface area (Å²) in [5.41, 5.74) is 1.69. The van der Waals surface area contributed by atoms with Crippen LogP contribution in [0.3, 0.4) is 0 Å². The molecule has 0 bridgehead atoms. The number of nitrogens with zero attached hydrogens (tertiary/aromatic N) is 1. The maximum atomic E-state index is 12.5. The maximum absolute atomic E-state index is 12.5. The Bertz CT molecular complexity index is 951. The molecule has 0 spiro atoms. The molecule has 1 aliphatic heterocycles. The molecule has 1 unspecified atom stereocenters. The summed E-state index contributed by atoms with van der Waals surface area (Å²) >= 11 is 5.77. The van der Waals surface area contributed by atoms with Gasteiger partial charge in [-0.1, -0.05) is 23.2 Å². The quantitative estimate of drug-likeness (QED) is 0.449. The Morgan fingerprint density at radius 3 is 2.33 bits per heavy atom. The zero-order valence-corrected chi connectivity index (χ0v) is 15.4. The molecule has 2 aromatic carbocycles. The van der Waals surface area contributed by atoms with Crippen molar-refractivity contribution in [2.24, 2.45) is 0 Å². The second-order valence-electron chi connectivity index (χ2n) is 6.24. The van der Waals surface area contributed by atoms with E-state index in [1.54, 1.807) is 37.3 Å². The molecule has 3 rings (SSSR count). The SMILES string of the molecule is Cc1ccc2c(c1)C(=O)N(C(C)C(=O)OCC(=O)c1ccc(Cl)cc1)C2=O. The average Bonchev–Trinajstić information content (AvgIpc) is 2.89. The number of carbonyl (C=O) groups excluding carboxylic acids is 4. The average molecular weight is 386 g/mol. The Morgan fingerprint density at radius 1 is 1.04 bits per heavy atom. The molecule has 2 aromatic rings. The predicted molar refractivity (Wildman–Crippen MR) is 97.9 cm³/mol. The fourth-order valence-electron chi connectivity index (χ4n) is 2.81. The molecule has 2 amide bonds. The van der Waals surface area contributed by atoms with Gasteiger partial charge in [-0.3, -0.25) is 19.3 Å². The van der Waals surface area contributed by atoms with Gasteiger partial charge in [-0.15, -0.1) is 0 Å². The lowest BCUT2D eigenvalue weighted by Crippen LogP contribution is -2.44. The van der Waals surface area contributed by atoms with Crippen LogP contribution in [0.2, 0.25) is 5.02 Å². The second kappa shape index (κ2) is 7.32. The number of imide groups is 1. The van der Waals surface area contributed by atoms with Crippen molar-refractivity contribution in [3.63, 3.8) is 0 Å².